The molecule has 1 aliphatic carbocycles. The largest absolute Gasteiger partial charge is 0.314 e. The van der Waals surface area contributed by atoms with Gasteiger partial charge < -0.3 is 10.2 Å². The van der Waals surface area contributed by atoms with Crippen LogP contribution in [0.1, 0.15) is 59.8 Å². The van der Waals surface area contributed by atoms with Crippen LogP contribution >= 0.6 is 0 Å². The molecule has 2 rings (SSSR count). The van der Waals surface area contributed by atoms with Crippen molar-refractivity contribution in [3.05, 3.63) is 0 Å². The monoisotopic (exact) mass is 252 g/mol. The summed E-state index contributed by atoms with van der Waals surface area (Å²) >= 11 is 0. The van der Waals surface area contributed by atoms with E-state index in [0.717, 1.165) is 18.0 Å². The summed E-state index contributed by atoms with van der Waals surface area (Å²) in [6.07, 6.45) is 6.92. The van der Waals surface area contributed by atoms with Gasteiger partial charge in [-0.25, -0.2) is 0 Å². The minimum atomic E-state index is 0.617. The van der Waals surface area contributed by atoms with Crippen molar-refractivity contribution in [2.24, 2.45) is 11.3 Å². The topological polar surface area (TPSA) is 15.3 Å². The molecule has 2 atom stereocenters. The number of nitrogens with one attached hydrogen (secondary N) is 1. The first-order valence-electron chi connectivity index (χ1n) is 8.01. The summed E-state index contributed by atoms with van der Waals surface area (Å²) in [5.74, 6) is 0.775. The lowest BCUT2D eigenvalue weighted by Gasteiger charge is -2.43. The summed E-state index contributed by atoms with van der Waals surface area (Å²) in [6, 6.07) is 1.59. The molecule has 2 heteroatoms. The van der Waals surface area contributed by atoms with E-state index < -0.39 is 0 Å². The highest BCUT2D eigenvalue weighted by Gasteiger charge is 2.31. The number of hydrogen-bond donors (Lipinski definition) is 1. The lowest BCUT2D eigenvalue weighted by atomic mass is 9.77. The van der Waals surface area contributed by atoms with E-state index in [2.05, 4.69) is 37.9 Å². The van der Waals surface area contributed by atoms with Gasteiger partial charge in [-0.2, -0.15) is 0 Å². The lowest BCUT2D eigenvalue weighted by Crippen LogP contribution is -2.47. The molecule has 2 nitrogen and oxygen atoms in total. The van der Waals surface area contributed by atoms with Crippen molar-refractivity contribution >= 4 is 0 Å². The van der Waals surface area contributed by atoms with Gasteiger partial charge in [-0.1, -0.05) is 27.2 Å². The summed E-state index contributed by atoms with van der Waals surface area (Å²) < 4.78 is 0. The van der Waals surface area contributed by atoms with Gasteiger partial charge in [0.15, 0.2) is 0 Å². The number of nitrogens with zero attached hydrogens (tertiary/aromatic N) is 1. The highest BCUT2D eigenvalue weighted by atomic mass is 15.2. The predicted molar refractivity (Wildman–Crippen MR) is 78.9 cm³/mol. The molecule has 0 bridgehead atoms. The summed E-state index contributed by atoms with van der Waals surface area (Å²) in [5.41, 5.74) is 0.617. The van der Waals surface area contributed by atoms with Crippen LogP contribution in [-0.2, 0) is 0 Å². The van der Waals surface area contributed by atoms with Gasteiger partial charge in [0.25, 0.3) is 0 Å². The molecule has 0 aromatic rings. The minimum Gasteiger partial charge on any atom is -0.314 e. The fraction of sp³-hybridized carbons (Fsp3) is 1.00. The zero-order valence-corrected chi connectivity index (χ0v) is 12.8. The normalized spacial score (nSPS) is 28.0. The maximum absolute atomic E-state index is 3.68. The minimum absolute atomic E-state index is 0.617. The third-order valence-electron chi connectivity index (χ3n) is 5.56. The SMILES string of the molecule is CCC1(C)CCN(C(C)C(C)CNC2CC2)CC1. The summed E-state index contributed by atoms with van der Waals surface area (Å²) in [6.45, 7) is 13.5. The van der Waals surface area contributed by atoms with Crippen LogP contribution < -0.4 is 5.32 Å². The van der Waals surface area contributed by atoms with Crippen molar-refractivity contribution in [2.45, 2.75) is 71.9 Å². The predicted octanol–water partition coefficient (Wildman–Crippen LogP) is 3.28. The van der Waals surface area contributed by atoms with Crippen LogP contribution in [0.5, 0.6) is 0 Å². The molecule has 1 aliphatic heterocycles. The maximum atomic E-state index is 3.68. The number of piperidine rings is 1. The molecule has 0 radical (unpaired) electrons. The first kappa shape index (κ1) is 14.3. The van der Waals surface area contributed by atoms with Gasteiger partial charge in [-0.3, -0.25) is 0 Å². The second-order valence-corrected chi connectivity index (χ2v) is 7.10. The molecule has 0 aromatic carbocycles. The molecule has 2 fully saturated rings. The van der Waals surface area contributed by atoms with Gasteiger partial charge in [0.1, 0.15) is 0 Å². The van der Waals surface area contributed by atoms with Crippen LogP contribution in [0.4, 0.5) is 0 Å². The van der Waals surface area contributed by atoms with E-state index in [4.69, 9.17) is 0 Å². The molecule has 1 heterocycles. The van der Waals surface area contributed by atoms with Gasteiger partial charge in [0.05, 0.1) is 0 Å². The maximum Gasteiger partial charge on any atom is 0.0105 e. The summed E-state index contributed by atoms with van der Waals surface area (Å²) in [4.78, 5) is 2.72. The average molecular weight is 252 g/mol. The average Bonchev–Trinajstić information content (AvgIpc) is 3.20. The Morgan fingerprint density at radius 2 is 1.83 bits per heavy atom. The molecule has 1 N–H and O–H groups in total. The first-order chi connectivity index (χ1) is 8.54. The van der Waals surface area contributed by atoms with Crippen LogP contribution in [-0.4, -0.2) is 36.6 Å². The molecule has 0 spiro atoms. The Kier molecular flexibility index (Phi) is 4.71. The van der Waals surface area contributed by atoms with Crippen molar-refractivity contribution in [3.8, 4) is 0 Å². The molecular formula is C16H32N2. The second kappa shape index (κ2) is 5.92. The molecule has 1 saturated heterocycles. The number of hydrogen-bond acceptors (Lipinski definition) is 2. The first-order valence-corrected chi connectivity index (χ1v) is 8.01. The fourth-order valence-corrected chi connectivity index (χ4v) is 3.00. The van der Waals surface area contributed by atoms with E-state index in [1.807, 2.05) is 0 Å². The van der Waals surface area contributed by atoms with E-state index in [0.29, 0.717) is 5.41 Å². The molecule has 2 unspecified atom stereocenters. The Morgan fingerprint density at radius 3 is 2.33 bits per heavy atom. The van der Waals surface area contributed by atoms with Crippen molar-refractivity contribution in [3.63, 3.8) is 0 Å². The lowest BCUT2D eigenvalue weighted by molar-refractivity contribution is 0.0667. The van der Waals surface area contributed by atoms with E-state index in [-0.39, 0.29) is 0 Å². The quantitative estimate of drug-likeness (QED) is 0.780. The second-order valence-electron chi connectivity index (χ2n) is 7.10. The van der Waals surface area contributed by atoms with Gasteiger partial charge in [-0.15, -0.1) is 0 Å². The smallest absolute Gasteiger partial charge is 0.0105 e. The molecule has 18 heavy (non-hydrogen) atoms. The zero-order chi connectivity index (χ0) is 13.2. The van der Waals surface area contributed by atoms with Gasteiger partial charge in [0.2, 0.25) is 0 Å². The molecule has 1 saturated carbocycles. The summed E-state index contributed by atoms with van der Waals surface area (Å²) in [5, 5.41) is 3.68. The van der Waals surface area contributed by atoms with Crippen LogP contribution in [0.3, 0.4) is 0 Å². The van der Waals surface area contributed by atoms with Gasteiger partial charge >= 0.3 is 0 Å². The molecular weight excluding hydrogens is 220 g/mol. The van der Waals surface area contributed by atoms with Crippen molar-refractivity contribution in [1.82, 2.24) is 10.2 Å². The standard InChI is InChI=1S/C16H32N2/c1-5-16(4)8-10-18(11-9-16)14(3)13(2)12-17-15-6-7-15/h13-15,17H,5-12H2,1-4H3. The Bertz CT molecular complexity index is 252. The number of likely N-dealkylation sites (tertiary alicyclic amines) is 1. The van der Waals surface area contributed by atoms with E-state index in [9.17, 15) is 0 Å². The van der Waals surface area contributed by atoms with Gasteiger partial charge in [-0.05, 0) is 63.6 Å². The van der Waals surface area contributed by atoms with Crippen LogP contribution in [0.2, 0.25) is 0 Å². The van der Waals surface area contributed by atoms with Crippen molar-refractivity contribution in [2.75, 3.05) is 19.6 Å². The third-order valence-corrected chi connectivity index (χ3v) is 5.56. The fourth-order valence-electron chi connectivity index (χ4n) is 3.00. The van der Waals surface area contributed by atoms with E-state index in [1.165, 1.54) is 51.7 Å². The van der Waals surface area contributed by atoms with Crippen molar-refractivity contribution < 1.29 is 0 Å². The van der Waals surface area contributed by atoms with Crippen LogP contribution in [0.15, 0.2) is 0 Å². The molecule has 0 amide bonds. The molecule has 106 valence electrons. The Balaban J connectivity index is 1.73. The highest BCUT2D eigenvalue weighted by molar-refractivity contribution is 4.87. The third kappa shape index (κ3) is 3.71. The number of rotatable bonds is 6. The van der Waals surface area contributed by atoms with Crippen molar-refractivity contribution in [1.29, 1.82) is 0 Å². The van der Waals surface area contributed by atoms with E-state index in [1.54, 1.807) is 0 Å². The zero-order valence-electron chi connectivity index (χ0n) is 12.8. The Labute approximate surface area is 114 Å². The van der Waals surface area contributed by atoms with Crippen LogP contribution in [0.25, 0.3) is 0 Å². The molecule has 0 aromatic heterocycles. The van der Waals surface area contributed by atoms with E-state index >= 15 is 0 Å². The summed E-state index contributed by atoms with van der Waals surface area (Å²) in [7, 11) is 0. The van der Waals surface area contributed by atoms with Gasteiger partial charge in [0, 0.05) is 12.1 Å². The highest BCUT2D eigenvalue weighted by Crippen LogP contribution is 2.35. The Hall–Kier alpha value is -0.0800. The van der Waals surface area contributed by atoms with Crippen LogP contribution in [0, 0.1) is 11.3 Å². The molecule has 2 aliphatic rings. The Morgan fingerprint density at radius 1 is 1.22 bits per heavy atom.